The van der Waals surface area contributed by atoms with Gasteiger partial charge in [-0.15, -0.1) is 0 Å². The van der Waals surface area contributed by atoms with Gasteiger partial charge < -0.3 is 15.4 Å². The van der Waals surface area contributed by atoms with E-state index in [1.807, 2.05) is 12.2 Å². The average Bonchev–Trinajstić information content (AvgIpc) is 2.42. The molecule has 1 aromatic carbocycles. The smallest absolute Gasteiger partial charge is 0.313 e. The van der Waals surface area contributed by atoms with Crippen molar-refractivity contribution in [3.05, 3.63) is 29.8 Å². The maximum atomic E-state index is 13.3. The molecule has 7 heteroatoms. The van der Waals surface area contributed by atoms with Crippen LogP contribution in [0.1, 0.15) is 13.3 Å². The first-order valence-corrected chi connectivity index (χ1v) is 6.16. The number of carbonyl (C=O) groups excluding carboxylic acids is 2. The van der Waals surface area contributed by atoms with Crippen molar-refractivity contribution in [2.24, 2.45) is 0 Å². The molecule has 1 rings (SSSR count). The molecule has 0 spiro atoms. The summed E-state index contributed by atoms with van der Waals surface area (Å²) in [5, 5.41) is 4.35. The molecule has 0 aromatic heterocycles. The number of ether oxygens (including phenoxy) is 1. The highest BCUT2D eigenvalue weighted by molar-refractivity contribution is 6.39. The molecule has 0 saturated heterocycles. The fourth-order valence-corrected chi connectivity index (χ4v) is 1.37. The Bertz CT molecular complexity index is 481. The van der Waals surface area contributed by atoms with Crippen molar-refractivity contribution in [3.63, 3.8) is 0 Å². The van der Waals surface area contributed by atoms with E-state index in [0.29, 0.717) is 19.6 Å². The molecule has 0 bridgehead atoms. The summed E-state index contributed by atoms with van der Waals surface area (Å²) in [6.45, 7) is 3.15. The summed E-state index contributed by atoms with van der Waals surface area (Å²) < 4.78 is 31.2. The van der Waals surface area contributed by atoms with Gasteiger partial charge in [0.15, 0.2) is 0 Å². The van der Waals surface area contributed by atoms with Gasteiger partial charge in [-0.05, 0) is 25.5 Å². The van der Waals surface area contributed by atoms with E-state index in [4.69, 9.17) is 4.74 Å². The largest absolute Gasteiger partial charge is 0.382 e. The number of carbonyl (C=O) groups is 2. The second-order valence-electron chi connectivity index (χ2n) is 3.88. The summed E-state index contributed by atoms with van der Waals surface area (Å²) in [7, 11) is 0. The van der Waals surface area contributed by atoms with Crippen LogP contribution in [0.25, 0.3) is 0 Å². The van der Waals surface area contributed by atoms with E-state index in [0.717, 1.165) is 18.2 Å². The van der Waals surface area contributed by atoms with Crippen LogP contribution in [0, 0.1) is 11.6 Å². The van der Waals surface area contributed by atoms with Crippen LogP contribution in [-0.2, 0) is 14.3 Å². The first-order valence-electron chi connectivity index (χ1n) is 6.16. The van der Waals surface area contributed by atoms with Crippen LogP contribution in [0.3, 0.4) is 0 Å². The van der Waals surface area contributed by atoms with E-state index in [9.17, 15) is 18.4 Å². The van der Waals surface area contributed by atoms with Crippen LogP contribution in [0.15, 0.2) is 18.2 Å². The lowest BCUT2D eigenvalue weighted by atomic mass is 10.3. The van der Waals surface area contributed by atoms with E-state index in [1.54, 1.807) is 0 Å². The molecule has 2 amide bonds. The van der Waals surface area contributed by atoms with E-state index >= 15 is 0 Å². The predicted molar refractivity (Wildman–Crippen MR) is 69.1 cm³/mol. The molecule has 2 N–H and O–H groups in total. The number of hydrogen-bond acceptors (Lipinski definition) is 3. The molecule has 5 nitrogen and oxygen atoms in total. The molecule has 0 radical (unpaired) electrons. The molecule has 0 aliphatic carbocycles. The van der Waals surface area contributed by atoms with Gasteiger partial charge in [-0.2, -0.15) is 0 Å². The topological polar surface area (TPSA) is 67.4 Å². The van der Waals surface area contributed by atoms with E-state index in [-0.39, 0.29) is 12.2 Å². The normalized spacial score (nSPS) is 10.2. The Balaban J connectivity index is 2.41. The Morgan fingerprint density at radius 3 is 2.70 bits per heavy atom. The van der Waals surface area contributed by atoms with Crippen LogP contribution in [0.2, 0.25) is 0 Å². The number of halogens is 2. The van der Waals surface area contributed by atoms with Crippen molar-refractivity contribution in [3.8, 4) is 0 Å². The van der Waals surface area contributed by atoms with Crippen molar-refractivity contribution in [2.45, 2.75) is 13.3 Å². The minimum absolute atomic E-state index is 0.262. The first kappa shape index (κ1) is 16.0. The summed E-state index contributed by atoms with van der Waals surface area (Å²) in [5.41, 5.74) is -0.375. The summed E-state index contributed by atoms with van der Waals surface area (Å²) in [4.78, 5) is 22.8. The molecule has 1 aromatic rings. The van der Waals surface area contributed by atoms with Gasteiger partial charge in [-0.25, -0.2) is 8.78 Å². The van der Waals surface area contributed by atoms with Crippen molar-refractivity contribution in [2.75, 3.05) is 25.1 Å². The first-order chi connectivity index (χ1) is 9.54. The Morgan fingerprint density at radius 1 is 1.25 bits per heavy atom. The number of rotatable bonds is 6. The highest BCUT2D eigenvalue weighted by Crippen LogP contribution is 2.14. The lowest BCUT2D eigenvalue weighted by molar-refractivity contribution is -0.136. The minimum Gasteiger partial charge on any atom is -0.382 e. The van der Waals surface area contributed by atoms with Crippen LogP contribution < -0.4 is 10.6 Å². The molecule has 110 valence electrons. The lowest BCUT2D eigenvalue weighted by Gasteiger charge is -2.07. The van der Waals surface area contributed by atoms with Crippen molar-refractivity contribution in [1.82, 2.24) is 5.32 Å². The van der Waals surface area contributed by atoms with Crippen LogP contribution in [0.4, 0.5) is 14.5 Å². The van der Waals surface area contributed by atoms with Crippen LogP contribution in [0.5, 0.6) is 0 Å². The van der Waals surface area contributed by atoms with Gasteiger partial charge in [0, 0.05) is 25.8 Å². The second-order valence-corrected chi connectivity index (χ2v) is 3.88. The lowest BCUT2D eigenvalue weighted by Crippen LogP contribution is -2.36. The average molecular weight is 286 g/mol. The Kier molecular flexibility index (Phi) is 6.58. The fourth-order valence-electron chi connectivity index (χ4n) is 1.37. The maximum absolute atomic E-state index is 13.3. The zero-order valence-electron chi connectivity index (χ0n) is 11.0. The summed E-state index contributed by atoms with van der Waals surface area (Å²) in [6, 6.07) is 2.58. The number of nitrogens with one attached hydrogen (secondary N) is 2. The summed E-state index contributed by atoms with van der Waals surface area (Å²) >= 11 is 0. The molecule has 0 aliphatic heterocycles. The Hall–Kier alpha value is -2.02. The van der Waals surface area contributed by atoms with Crippen LogP contribution in [-0.4, -0.2) is 31.6 Å². The van der Waals surface area contributed by atoms with Gasteiger partial charge in [0.25, 0.3) is 0 Å². The Morgan fingerprint density at radius 2 is 2.00 bits per heavy atom. The zero-order chi connectivity index (χ0) is 15.0. The van der Waals surface area contributed by atoms with E-state index < -0.39 is 23.4 Å². The standard InChI is InChI=1S/C13H16F2N2O3/c1-2-20-7-3-6-16-12(18)13(19)17-11-8-9(14)4-5-10(11)15/h4-5,8H,2-3,6-7H2,1H3,(H,16,18)(H,17,19). The monoisotopic (exact) mass is 286 g/mol. The molecular formula is C13H16F2N2O3. The predicted octanol–water partition coefficient (Wildman–Crippen LogP) is 1.45. The molecular weight excluding hydrogens is 270 g/mol. The highest BCUT2D eigenvalue weighted by Gasteiger charge is 2.15. The van der Waals surface area contributed by atoms with Gasteiger partial charge in [0.1, 0.15) is 11.6 Å². The van der Waals surface area contributed by atoms with Crippen molar-refractivity contribution >= 4 is 17.5 Å². The minimum atomic E-state index is -1.05. The van der Waals surface area contributed by atoms with Gasteiger partial charge in [-0.1, -0.05) is 0 Å². The number of anilines is 1. The summed E-state index contributed by atoms with van der Waals surface area (Å²) in [6.07, 6.45) is 0.557. The van der Waals surface area contributed by atoms with Crippen molar-refractivity contribution in [1.29, 1.82) is 0 Å². The molecule has 0 saturated carbocycles. The summed E-state index contributed by atoms with van der Waals surface area (Å²) in [5.74, 6) is -3.49. The fraction of sp³-hybridized carbons (Fsp3) is 0.385. The highest BCUT2D eigenvalue weighted by atomic mass is 19.1. The molecule has 0 aliphatic rings. The third-order valence-electron chi connectivity index (χ3n) is 2.34. The van der Waals surface area contributed by atoms with Crippen LogP contribution >= 0.6 is 0 Å². The second kappa shape index (κ2) is 8.21. The SMILES string of the molecule is CCOCCCNC(=O)C(=O)Nc1cc(F)ccc1F. The van der Waals surface area contributed by atoms with E-state index in [2.05, 4.69) is 5.32 Å². The molecule has 0 atom stereocenters. The maximum Gasteiger partial charge on any atom is 0.313 e. The molecule has 0 unspecified atom stereocenters. The number of amides is 2. The molecule has 20 heavy (non-hydrogen) atoms. The Labute approximate surface area is 115 Å². The number of benzene rings is 1. The van der Waals surface area contributed by atoms with Gasteiger partial charge in [0.05, 0.1) is 5.69 Å². The van der Waals surface area contributed by atoms with Crippen molar-refractivity contribution < 1.29 is 23.1 Å². The molecule has 0 fully saturated rings. The van der Waals surface area contributed by atoms with E-state index in [1.165, 1.54) is 0 Å². The zero-order valence-corrected chi connectivity index (χ0v) is 11.0. The van der Waals surface area contributed by atoms with Gasteiger partial charge in [-0.3, -0.25) is 9.59 Å². The van der Waals surface area contributed by atoms with Gasteiger partial charge >= 0.3 is 11.8 Å². The number of hydrogen-bond donors (Lipinski definition) is 2. The third-order valence-corrected chi connectivity index (χ3v) is 2.34. The quantitative estimate of drug-likeness (QED) is 0.614. The van der Waals surface area contributed by atoms with Gasteiger partial charge in [0.2, 0.25) is 0 Å². The molecule has 0 heterocycles. The third kappa shape index (κ3) is 5.31.